The average Bonchev–Trinajstić information content (AvgIpc) is 2.47. The van der Waals surface area contributed by atoms with E-state index in [1.165, 1.54) is 0 Å². The zero-order chi connectivity index (χ0) is 8.86. The van der Waals surface area contributed by atoms with E-state index in [1.807, 2.05) is 0 Å². The number of phosphoric acid groups is 1. The smallest absolute Gasteiger partial charge is 0.287 e. The van der Waals surface area contributed by atoms with Crippen LogP contribution in [0.5, 0.6) is 0 Å². The van der Waals surface area contributed by atoms with Gasteiger partial charge in [-0.05, 0) is 6.42 Å². The van der Waals surface area contributed by atoms with E-state index in [2.05, 4.69) is 6.92 Å². The fraction of sp³-hybridized carbons (Fsp3) is 1.00. The van der Waals surface area contributed by atoms with Crippen LogP contribution in [0.1, 0.15) is 26.2 Å². The summed E-state index contributed by atoms with van der Waals surface area (Å²) in [5.41, 5.74) is 0. The summed E-state index contributed by atoms with van der Waals surface area (Å²) in [4.78, 5) is 0. The van der Waals surface area contributed by atoms with Crippen LogP contribution in [0.15, 0.2) is 0 Å². The topological polar surface area (TPSA) is 44.8 Å². The van der Waals surface area contributed by atoms with Crippen LogP contribution in [-0.4, -0.2) is 19.8 Å². The van der Waals surface area contributed by atoms with Gasteiger partial charge < -0.3 is 0 Å². The third kappa shape index (κ3) is 3.23. The summed E-state index contributed by atoms with van der Waals surface area (Å²) in [5.74, 6) is 0. The summed E-state index contributed by atoms with van der Waals surface area (Å²) < 4.78 is 26.0. The first kappa shape index (κ1) is 10.2. The summed E-state index contributed by atoms with van der Waals surface area (Å²) in [5, 5.41) is 0. The van der Waals surface area contributed by atoms with E-state index < -0.39 is 7.82 Å². The average molecular weight is 194 g/mol. The molecule has 1 aliphatic heterocycles. The van der Waals surface area contributed by atoms with Crippen LogP contribution < -0.4 is 0 Å². The number of phosphoric ester groups is 1. The van der Waals surface area contributed by atoms with Crippen LogP contribution in [-0.2, 0) is 18.1 Å². The van der Waals surface area contributed by atoms with Gasteiger partial charge in [-0.3, -0.25) is 13.6 Å². The second kappa shape index (κ2) is 4.97. The first-order valence-electron chi connectivity index (χ1n) is 4.30. The summed E-state index contributed by atoms with van der Waals surface area (Å²) in [6, 6.07) is 0. The molecule has 0 atom stereocenters. The van der Waals surface area contributed by atoms with E-state index in [0.29, 0.717) is 19.8 Å². The van der Waals surface area contributed by atoms with Crippen molar-refractivity contribution in [1.29, 1.82) is 0 Å². The molecule has 4 nitrogen and oxygen atoms in total. The molecule has 0 N–H and O–H groups in total. The molecule has 0 aromatic heterocycles. The largest absolute Gasteiger partial charge is 0.474 e. The molecule has 0 aromatic rings. The zero-order valence-electron chi connectivity index (χ0n) is 7.32. The summed E-state index contributed by atoms with van der Waals surface area (Å²) in [6.45, 7) is 3.33. The van der Waals surface area contributed by atoms with Crippen molar-refractivity contribution in [2.45, 2.75) is 26.2 Å². The third-order valence-corrected chi connectivity index (χ3v) is 3.08. The predicted octanol–water partition coefficient (Wildman–Crippen LogP) is 2.35. The number of rotatable bonds is 5. The van der Waals surface area contributed by atoms with Crippen LogP contribution in [0, 0.1) is 0 Å². The summed E-state index contributed by atoms with van der Waals surface area (Å²) in [6.07, 6.45) is 3.11. The maximum atomic E-state index is 11.3. The SMILES string of the molecule is CCCCCOP1(=O)OCCO1. The van der Waals surface area contributed by atoms with Crippen LogP contribution in [0.4, 0.5) is 0 Å². The van der Waals surface area contributed by atoms with Gasteiger partial charge in [-0.2, -0.15) is 0 Å². The molecule has 0 amide bonds. The molecule has 1 heterocycles. The van der Waals surface area contributed by atoms with E-state index >= 15 is 0 Å². The second-order valence-corrected chi connectivity index (χ2v) is 4.32. The molecule has 1 rings (SSSR count). The highest BCUT2D eigenvalue weighted by Gasteiger charge is 2.31. The molecule has 0 aromatic carbocycles. The molecule has 12 heavy (non-hydrogen) atoms. The van der Waals surface area contributed by atoms with Gasteiger partial charge in [0.15, 0.2) is 0 Å². The van der Waals surface area contributed by atoms with Crippen molar-refractivity contribution in [1.82, 2.24) is 0 Å². The van der Waals surface area contributed by atoms with Gasteiger partial charge in [0.2, 0.25) is 0 Å². The number of hydrogen-bond acceptors (Lipinski definition) is 4. The zero-order valence-corrected chi connectivity index (χ0v) is 8.22. The highest BCUT2D eigenvalue weighted by molar-refractivity contribution is 7.48. The van der Waals surface area contributed by atoms with Crippen molar-refractivity contribution >= 4 is 7.82 Å². The molecule has 1 aliphatic rings. The van der Waals surface area contributed by atoms with Gasteiger partial charge >= 0.3 is 7.82 Å². The molecule has 1 fully saturated rings. The molecule has 0 bridgehead atoms. The fourth-order valence-electron chi connectivity index (χ4n) is 0.938. The van der Waals surface area contributed by atoms with E-state index in [9.17, 15) is 4.57 Å². The van der Waals surface area contributed by atoms with Crippen LogP contribution in [0.3, 0.4) is 0 Å². The third-order valence-electron chi connectivity index (χ3n) is 1.58. The van der Waals surface area contributed by atoms with Crippen molar-refractivity contribution in [3.05, 3.63) is 0 Å². The molecule has 0 saturated carbocycles. The van der Waals surface area contributed by atoms with Crippen molar-refractivity contribution in [2.75, 3.05) is 19.8 Å². The Bertz CT molecular complexity index is 161. The lowest BCUT2D eigenvalue weighted by Gasteiger charge is -2.08. The first-order valence-corrected chi connectivity index (χ1v) is 5.76. The number of hydrogen-bond donors (Lipinski definition) is 0. The Kier molecular flexibility index (Phi) is 4.22. The quantitative estimate of drug-likeness (QED) is 0.497. The Morgan fingerprint density at radius 1 is 1.33 bits per heavy atom. The summed E-state index contributed by atoms with van der Waals surface area (Å²) in [7, 11) is -3.11. The van der Waals surface area contributed by atoms with Crippen molar-refractivity contribution < 1.29 is 18.1 Å². The van der Waals surface area contributed by atoms with E-state index in [1.54, 1.807) is 0 Å². The van der Waals surface area contributed by atoms with Crippen LogP contribution >= 0.6 is 7.82 Å². The molecule has 0 unspecified atom stereocenters. The Morgan fingerprint density at radius 3 is 2.58 bits per heavy atom. The maximum absolute atomic E-state index is 11.3. The van der Waals surface area contributed by atoms with Gasteiger partial charge in [0.1, 0.15) is 0 Å². The Morgan fingerprint density at radius 2 is 2.00 bits per heavy atom. The van der Waals surface area contributed by atoms with Gasteiger partial charge in [0.05, 0.1) is 19.8 Å². The highest BCUT2D eigenvalue weighted by atomic mass is 31.2. The van der Waals surface area contributed by atoms with Crippen molar-refractivity contribution in [3.63, 3.8) is 0 Å². The monoisotopic (exact) mass is 194 g/mol. The molecule has 0 radical (unpaired) electrons. The van der Waals surface area contributed by atoms with Gasteiger partial charge in [-0.1, -0.05) is 19.8 Å². The lowest BCUT2D eigenvalue weighted by Crippen LogP contribution is -1.93. The molecular weight excluding hydrogens is 179 g/mol. The van der Waals surface area contributed by atoms with Gasteiger partial charge in [0, 0.05) is 0 Å². The molecule has 5 heteroatoms. The molecule has 72 valence electrons. The Labute approximate surface area is 72.8 Å². The van der Waals surface area contributed by atoms with E-state index in [-0.39, 0.29) is 0 Å². The van der Waals surface area contributed by atoms with Crippen molar-refractivity contribution in [3.8, 4) is 0 Å². The molecule has 0 aliphatic carbocycles. The lowest BCUT2D eigenvalue weighted by atomic mass is 10.3. The Balaban J connectivity index is 2.09. The summed E-state index contributed by atoms with van der Waals surface area (Å²) >= 11 is 0. The normalized spacial score (nSPS) is 21.4. The van der Waals surface area contributed by atoms with Crippen LogP contribution in [0.25, 0.3) is 0 Å². The van der Waals surface area contributed by atoms with E-state index in [0.717, 1.165) is 19.3 Å². The van der Waals surface area contributed by atoms with Gasteiger partial charge in [-0.25, -0.2) is 4.57 Å². The fourth-order valence-corrected chi connectivity index (χ4v) is 2.11. The maximum Gasteiger partial charge on any atom is 0.474 e. The minimum Gasteiger partial charge on any atom is -0.287 e. The second-order valence-electron chi connectivity index (χ2n) is 2.65. The van der Waals surface area contributed by atoms with E-state index in [4.69, 9.17) is 13.6 Å². The number of unbranched alkanes of at least 4 members (excludes halogenated alkanes) is 2. The first-order chi connectivity index (χ1) is 5.77. The lowest BCUT2D eigenvalue weighted by molar-refractivity contribution is 0.187. The highest BCUT2D eigenvalue weighted by Crippen LogP contribution is 2.52. The van der Waals surface area contributed by atoms with Gasteiger partial charge in [0.25, 0.3) is 0 Å². The Hall–Kier alpha value is 0.110. The van der Waals surface area contributed by atoms with Crippen LogP contribution in [0.2, 0.25) is 0 Å². The minimum absolute atomic E-state index is 0.380. The molecule has 0 spiro atoms. The van der Waals surface area contributed by atoms with Gasteiger partial charge in [-0.15, -0.1) is 0 Å². The minimum atomic E-state index is -3.11. The standard InChI is InChI=1S/C7H15O4P/c1-2-3-4-5-9-12(8)10-6-7-11-12/h2-7H2,1H3. The molecular formula is C7H15O4P. The molecule has 1 saturated heterocycles. The predicted molar refractivity (Wildman–Crippen MR) is 45.0 cm³/mol. The van der Waals surface area contributed by atoms with Crippen molar-refractivity contribution in [2.24, 2.45) is 0 Å².